The number of nitrogens with zero attached hydrogens (tertiary/aromatic N) is 2. The van der Waals surface area contributed by atoms with E-state index in [1.165, 1.54) is 0 Å². The fraction of sp³-hybridized carbons (Fsp3) is 0.167. The van der Waals surface area contributed by atoms with E-state index < -0.39 is 11.7 Å². The summed E-state index contributed by atoms with van der Waals surface area (Å²) in [5.74, 6) is -0.143. The van der Waals surface area contributed by atoms with E-state index in [2.05, 4.69) is 9.97 Å². The molecule has 0 unspecified atom stereocenters. The molecule has 0 aliphatic heterocycles. The van der Waals surface area contributed by atoms with Crippen molar-refractivity contribution in [3.05, 3.63) is 53.5 Å². The molecule has 0 amide bonds. The number of pyridine rings is 2. The van der Waals surface area contributed by atoms with Crippen LogP contribution in [-0.4, -0.2) is 9.97 Å². The molecule has 18 heavy (non-hydrogen) atoms. The second-order valence-electron chi connectivity index (χ2n) is 3.77. The molecule has 2 aromatic rings. The van der Waals surface area contributed by atoms with E-state index in [1.54, 1.807) is 24.4 Å². The molecule has 2 rings (SSSR count). The minimum Gasteiger partial charge on any atom is -0.384 e. The lowest BCUT2D eigenvalue weighted by Gasteiger charge is -2.09. The molecule has 0 saturated heterocycles. The van der Waals surface area contributed by atoms with E-state index >= 15 is 0 Å². The summed E-state index contributed by atoms with van der Waals surface area (Å²) >= 11 is 0. The van der Waals surface area contributed by atoms with Gasteiger partial charge in [-0.15, -0.1) is 0 Å². The van der Waals surface area contributed by atoms with Crippen molar-refractivity contribution in [2.75, 3.05) is 5.73 Å². The first-order valence-corrected chi connectivity index (χ1v) is 5.19. The van der Waals surface area contributed by atoms with E-state index in [0.717, 1.165) is 12.1 Å². The average molecular weight is 253 g/mol. The van der Waals surface area contributed by atoms with Crippen molar-refractivity contribution < 1.29 is 13.2 Å². The van der Waals surface area contributed by atoms with Gasteiger partial charge in [0.15, 0.2) is 0 Å². The highest BCUT2D eigenvalue weighted by atomic mass is 19.4. The van der Waals surface area contributed by atoms with Crippen LogP contribution in [0.1, 0.15) is 17.0 Å². The minimum atomic E-state index is -4.42. The fourth-order valence-electron chi connectivity index (χ4n) is 1.55. The molecule has 94 valence electrons. The molecule has 3 nitrogen and oxygen atoms in total. The van der Waals surface area contributed by atoms with Crippen LogP contribution >= 0.6 is 0 Å². The van der Waals surface area contributed by atoms with Gasteiger partial charge in [-0.2, -0.15) is 13.2 Å². The Morgan fingerprint density at radius 3 is 2.50 bits per heavy atom. The lowest BCUT2D eigenvalue weighted by atomic mass is 10.1. The molecule has 0 radical (unpaired) electrons. The van der Waals surface area contributed by atoms with Crippen molar-refractivity contribution in [1.29, 1.82) is 0 Å². The number of alkyl halides is 3. The molecule has 0 aliphatic rings. The summed E-state index contributed by atoms with van der Waals surface area (Å²) in [5, 5.41) is 0. The lowest BCUT2D eigenvalue weighted by molar-refractivity contribution is -0.137. The molecule has 0 aliphatic carbocycles. The molecular weight excluding hydrogens is 243 g/mol. The highest BCUT2D eigenvalue weighted by Gasteiger charge is 2.31. The summed E-state index contributed by atoms with van der Waals surface area (Å²) in [6, 6.07) is 7.03. The van der Waals surface area contributed by atoms with Gasteiger partial charge >= 0.3 is 6.18 Å². The van der Waals surface area contributed by atoms with Crippen LogP contribution in [0.4, 0.5) is 19.0 Å². The smallest absolute Gasteiger partial charge is 0.384 e. The van der Waals surface area contributed by atoms with Gasteiger partial charge in [-0.1, -0.05) is 6.07 Å². The quantitative estimate of drug-likeness (QED) is 0.895. The van der Waals surface area contributed by atoms with E-state index in [1.807, 2.05) is 0 Å². The van der Waals surface area contributed by atoms with E-state index in [-0.39, 0.29) is 17.9 Å². The second-order valence-corrected chi connectivity index (χ2v) is 3.77. The zero-order valence-corrected chi connectivity index (χ0v) is 9.28. The topological polar surface area (TPSA) is 51.8 Å². The van der Waals surface area contributed by atoms with Gasteiger partial charge in [-0.05, 0) is 24.3 Å². The fourth-order valence-corrected chi connectivity index (χ4v) is 1.55. The summed E-state index contributed by atoms with van der Waals surface area (Å²) in [7, 11) is 0. The Morgan fingerprint density at radius 2 is 1.89 bits per heavy atom. The van der Waals surface area contributed by atoms with Gasteiger partial charge in [0.25, 0.3) is 0 Å². The maximum atomic E-state index is 12.6. The van der Waals surface area contributed by atoms with Gasteiger partial charge in [-0.3, -0.25) is 4.98 Å². The molecule has 0 aromatic carbocycles. The van der Waals surface area contributed by atoms with Crippen LogP contribution in [0.2, 0.25) is 0 Å². The van der Waals surface area contributed by atoms with Crippen LogP contribution in [0.25, 0.3) is 0 Å². The van der Waals surface area contributed by atoms with Gasteiger partial charge < -0.3 is 5.73 Å². The third kappa shape index (κ3) is 2.97. The van der Waals surface area contributed by atoms with E-state index in [9.17, 15) is 13.2 Å². The third-order valence-electron chi connectivity index (χ3n) is 2.31. The summed E-state index contributed by atoms with van der Waals surface area (Å²) in [6.07, 6.45) is -2.63. The van der Waals surface area contributed by atoms with E-state index in [4.69, 9.17) is 5.73 Å². The normalized spacial score (nSPS) is 11.5. The van der Waals surface area contributed by atoms with Crippen molar-refractivity contribution in [1.82, 2.24) is 9.97 Å². The van der Waals surface area contributed by atoms with Crippen LogP contribution in [0.3, 0.4) is 0 Å². The molecule has 2 N–H and O–H groups in total. The Balaban J connectivity index is 2.32. The SMILES string of the molecule is Nc1cc(C(F)(F)F)cc(Cc2ccccn2)n1. The Kier molecular flexibility index (Phi) is 3.18. The Labute approximate surface area is 101 Å². The number of nitrogen functional groups attached to an aromatic ring is 1. The van der Waals surface area contributed by atoms with Crippen LogP contribution in [0, 0.1) is 0 Å². The highest BCUT2D eigenvalue weighted by Crippen LogP contribution is 2.30. The number of nitrogens with two attached hydrogens (primary N) is 1. The molecule has 0 bridgehead atoms. The van der Waals surface area contributed by atoms with Crippen molar-refractivity contribution in [2.45, 2.75) is 12.6 Å². The van der Waals surface area contributed by atoms with Gasteiger partial charge in [0.1, 0.15) is 5.82 Å². The monoisotopic (exact) mass is 253 g/mol. The second kappa shape index (κ2) is 4.64. The van der Waals surface area contributed by atoms with Crippen LogP contribution in [-0.2, 0) is 12.6 Å². The Bertz CT molecular complexity index is 538. The predicted molar refractivity (Wildman–Crippen MR) is 60.7 cm³/mol. The standard InChI is InChI=1S/C12H10F3N3/c13-12(14,15)8-5-10(18-11(16)6-8)7-9-3-1-2-4-17-9/h1-6H,7H2,(H2,16,18). The number of hydrogen-bond acceptors (Lipinski definition) is 3. The van der Waals surface area contributed by atoms with Crippen LogP contribution < -0.4 is 5.73 Å². The van der Waals surface area contributed by atoms with Gasteiger partial charge in [0, 0.05) is 24.0 Å². The third-order valence-corrected chi connectivity index (χ3v) is 2.31. The van der Waals surface area contributed by atoms with Gasteiger partial charge in [0.2, 0.25) is 0 Å². The summed E-state index contributed by atoms with van der Waals surface area (Å²) in [4.78, 5) is 7.91. The first kappa shape index (κ1) is 12.3. The van der Waals surface area contributed by atoms with Crippen LogP contribution in [0.5, 0.6) is 0 Å². The summed E-state index contributed by atoms with van der Waals surface area (Å²) in [5.41, 5.74) is 5.48. The maximum absolute atomic E-state index is 12.6. The zero-order valence-electron chi connectivity index (χ0n) is 9.28. The number of hydrogen-bond donors (Lipinski definition) is 1. The number of anilines is 1. The predicted octanol–water partition coefficient (Wildman–Crippen LogP) is 2.67. The van der Waals surface area contributed by atoms with E-state index in [0.29, 0.717) is 5.69 Å². The molecule has 0 fully saturated rings. The summed E-state index contributed by atoms with van der Waals surface area (Å²) in [6.45, 7) is 0. The van der Waals surface area contributed by atoms with Crippen molar-refractivity contribution in [3.63, 3.8) is 0 Å². The Hall–Kier alpha value is -2.11. The average Bonchev–Trinajstić information content (AvgIpc) is 2.28. The van der Waals surface area contributed by atoms with Gasteiger partial charge in [-0.25, -0.2) is 4.98 Å². The number of rotatable bonds is 2. The molecule has 6 heteroatoms. The van der Waals surface area contributed by atoms with Crippen molar-refractivity contribution in [2.24, 2.45) is 0 Å². The number of halogens is 3. The largest absolute Gasteiger partial charge is 0.416 e. The minimum absolute atomic E-state index is 0.143. The molecule has 0 spiro atoms. The van der Waals surface area contributed by atoms with Crippen LogP contribution in [0.15, 0.2) is 36.5 Å². The molecule has 2 aromatic heterocycles. The van der Waals surface area contributed by atoms with Gasteiger partial charge in [0.05, 0.1) is 5.56 Å². The maximum Gasteiger partial charge on any atom is 0.416 e. The van der Waals surface area contributed by atoms with Crippen molar-refractivity contribution >= 4 is 5.82 Å². The first-order valence-electron chi connectivity index (χ1n) is 5.19. The lowest BCUT2D eigenvalue weighted by Crippen LogP contribution is -2.09. The highest BCUT2D eigenvalue weighted by molar-refractivity contribution is 5.37. The summed E-state index contributed by atoms with van der Waals surface area (Å²) < 4.78 is 37.8. The Morgan fingerprint density at radius 1 is 1.11 bits per heavy atom. The molecule has 0 saturated carbocycles. The number of aromatic nitrogens is 2. The zero-order chi connectivity index (χ0) is 13.2. The first-order chi connectivity index (χ1) is 8.45. The molecule has 2 heterocycles. The molecular formula is C12H10F3N3. The molecule has 0 atom stereocenters. The van der Waals surface area contributed by atoms with Crippen molar-refractivity contribution in [3.8, 4) is 0 Å².